The summed E-state index contributed by atoms with van der Waals surface area (Å²) in [7, 11) is 0. The second-order valence-electron chi connectivity index (χ2n) is 13.7. The summed E-state index contributed by atoms with van der Waals surface area (Å²) in [6.07, 6.45) is 10.7. The minimum Gasteiger partial charge on any atom is -0.426 e. The SMILES string of the molecule is CC1=C[C@](O)(C[C@@H](C)[C@H]2CC[C@@]3(C)C4=C(CC[C@]23C)[C@@]2(C)CCC(=O)C(C)(C)[C@@H]2CC4)OC1=O. The second-order valence-corrected chi connectivity index (χ2v) is 13.7. The van der Waals surface area contributed by atoms with Crippen molar-refractivity contribution in [1.82, 2.24) is 0 Å². The molecule has 5 rings (SSSR count). The van der Waals surface area contributed by atoms with E-state index in [9.17, 15) is 14.7 Å². The summed E-state index contributed by atoms with van der Waals surface area (Å²) >= 11 is 0. The average Bonchev–Trinajstić information content (AvgIpc) is 3.16. The summed E-state index contributed by atoms with van der Waals surface area (Å²) in [5.74, 6) is -0.212. The largest absolute Gasteiger partial charge is 0.426 e. The Kier molecular flexibility index (Phi) is 5.22. The molecule has 0 aromatic heterocycles. The van der Waals surface area contributed by atoms with Gasteiger partial charge in [0.05, 0.1) is 0 Å². The number of ether oxygens (including phenoxy) is 1. The number of allylic oxidation sites excluding steroid dienone is 2. The zero-order valence-corrected chi connectivity index (χ0v) is 22.3. The lowest BCUT2D eigenvalue weighted by Crippen LogP contribution is -2.54. The van der Waals surface area contributed by atoms with Gasteiger partial charge in [0.15, 0.2) is 0 Å². The van der Waals surface area contributed by atoms with Crippen molar-refractivity contribution in [2.45, 2.75) is 112 Å². The molecule has 1 N–H and O–H groups in total. The van der Waals surface area contributed by atoms with E-state index in [1.807, 2.05) is 0 Å². The normalized spacial score (nSPS) is 46.4. The van der Waals surface area contributed by atoms with Crippen molar-refractivity contribution in [3.05, 3.63) is 22.8 Å². The molecular formula is C30H44O4. The Labute approximate surface area is 205 Å². The molecule has 2 fully saturated rings. The van der Waals surface area contributed by atoms with E-state index in [0.29, 0.717) is 36.0 Å². The van der Waals surface area contributed by atoms with E-state index >= 15 is 0 Å². The summed E-state index contributed by atoms with van der Waals surface area (Å²) in [5.41, 5.74) is 4.17. The molecule has 0 bridgehead atoms. The number of carbonyl (C=O) groups excluding carboxylic acids is 2. The van der Waals surface area contributed by atoms with E-state index in [1.165, 1.54) is 12.8 Å². The number of Topliss-reactive ketones (excluding diaryl/α,β-unsaturated/α-hetero) is 1. The van der Waals surface area contributed by atoms with Gasteiger partial charge in [-0.1, -0.05) is 52.7 Å². The van der Waals surface area contributed by atoms with Crippen LogP contribution in [0.1, 0.15) is 106 Å². The maximum absolute atomic E-state index is 12.8. The third-order valence-corrected chi connectivity index (χ3v) is 11.9. The van der Waals surface area contributed by atoms with Crippen molar-refractivity contribution in [3.63, 3.8) is 0 Å². The first kappa shape index (κ1) is 24.3. The highest BCUT2D eigenvalue weighted by molar-refractivity contribution is 5.90. The molecule has 188 valence electrons. The first-order valence-electron chi connectivity index (χ1n) is 13.6. The predicted molar refractivity (Wildman–Crippen MR) is 133 cm³/mol. The van der Waals surface area contributed by atoms with Gasteiger partial charge in [0.2, 0.25) is 5.79 Å². The van der Waals surface area contributed by atoms with Gasteiger partial charge < -0.3 is 9.84 Å². The molecule has 0 radical (unpaired) electrons. The Morgan fingerprint density at radius 2 is 1.71 bits per heavy atom. The molecule has 4 heteroatoms. The molecule has 7 atom stereocenters. The van der Waals surface area contributed by atoms with Gasteiger partial charge in [0.1, 0.15) is 5.78 Å². The van der Waals surface area contributed by atoms with E-state index in [-0.39, 0.29) is 27.6 Å². The maximum Gasteiger partial charge on any atom is 0.336 e. The molecule has 0 amide bonds. The van der Waals surface area contributed by atoms with Crippen LogP contribution in [0, 0.1) is 39.4 Å². The minimum atomic E-state index is -1.46. The van der Waals surface area contributed by atoms with Crippen molar-refractivity contribution in [3.8, 4) is 0 Å². The molecule has 2 saturated carbocycles. The van der Waals surface area contributed by atoms with Crippen molar-refractivity contribution in [2.24, 2.45) is 39.4 Å². The topological polar surface area (TPSA) is 63.6 Å². The number of carbonyl (C=O) groups is 2. The lowest BCUT2D eigenvalue weighted by Gasteiger charge is -2.61. The minimum absolute atomic E-state index is 0.147. The molecule has 0 saturated heterocycles. The summed E-state index contributed by atoms with van der Waals surface area (Å²) in [4.78, 5) is 24.8. The van der Waals surface area contributed by atoms with E-state index in [4.69, 9.17) is 4.74 Å². The number of cyclic esters (lactones) is 1. The quantitative estimate of drug-likeness (QED) is 0.378. The molecule has 0 aromatic carbocycles. The fourth-order valence-corrected chi connectivity index (χ4v) is 9.81. The number of hydrogen-bond acceptors (Lipinski definition) is 4. The van der Waals surface area contributed by atoms with Gasteiger partial charge >= 0.3 is 5.97 Å². The van der Waals surface area contributed by atoms with Gasteiger partial charge in [-0.2, -0.15) is 0 Å². The lowest BCUT2D eigenvalue weighted by molar-refractivity contribution is -0.185. The van der Waals surface area contributed by atoms with Crippen LogP contribution in [0.15, 0.2) is 22.8 Å². The fourth-order valence-electron chi connectivity index (χ4n) is 9.81. The van der Waals surface area contributed by atoms with E-state index in [2.05, 4.69) is 41.5 Å². The van der Waals surface area contributed by atoms with Crippen LogP contribution in [0.5, 0.6) is 0 Å². The first-order chi connectivity index (χ1) is 15.7. The van der Waals surface area contributed by atoms with Crippen molar-refractivity contribution in [1.29, 1.82) is 0 Å². The summed E-state index contributed by atoms with van der Waals surface area (Å²) < 4.78 is 5.36. The number of fused-ring (bicyclic) bond motifs is 4. The van der Waals surface area contributed by atoms with Gasteiger partial charge in [0, 0.05) is 23.8 Å². The van der Waals surface area contributed by atoms with Crippen molar-refractivity contribution in [2.75, 3.05) is 0 Å². The summed E-state index contributed by atoms with van der Waals surface area (Å²) in [6.45, 7) is 15.8. The van der Waals surface area contributed by atoms with Crippen LogP contribution in [-0.2, 0) is 14.3 Å². The summed E-state index contributed by atoms with van der Waals surface area (Å²) in [5, 5.41) is 11.0. The molecular weight excluding hydrogens is 424 g/mol. The van der Waals surface area contributed by atoms with Crippen LogP contribution >= 0.6 is 0 Å². The standard InChI is InChI=1S/C30H44O4/c1-18(16-30(33)17-19(2)25(32)34-30)20-10-14-29(7)22-8-9-23-26(3,4)24(31)12-13-27(23,5)21(22)11-15-28(20,29)6/h17-18,20,23,33H,8-16H2,1-7H3/t18-,20-,23+,27-,28-,29+,30+/m1/s1. The second kappa shape index (κ2) is 7.31. The molecule has 1 aliphatic heterocycles. The molecule has 5 aliphatic rings. The van der Waals surface area contributed by atoms with Crippen LogP contribution < -0.4 is 0 Å². The fraction of sp³-hybridized carbons (Fsp3) is 0.800. The van der Waals surface area contributed by atoms with Crippen LogP contribution in [0.25, 0.3) is 0 Å². The third kappa shape index (κ3) is 3.06. The zero-order valence-electron chi connectivity index (χ0n) is 22.3. The zero-order chi connectivity index (χ0) is 24.9. The highest BCUT2D eigenvalue weighted by Crippen LogP contribution is 2.72. The average molecular weight is 469 g/mol. The van der Waals surface area contributed by atoms with E-state index in [1.54, 1.807) is 24.1 Å². The van der Waals surface area contributed by atoms with Crippen LogP contribution in [0.3, 0.4) is 0 Å². The molecule has 1 heterocycles. The number of ketones is 1. The van der Waals surface area contributed by atoms with Crippen LogP contribution in [0.4, 0.5) is 0 Å². The van der Waals surface area contributed by atoms with E-state index < -0.39 is 11.8 Å². The highest BCUT2D eigenvalue weighted by Gasteiger charge is 2.63. The maximum atomic E-state index is 12.8. The van der Waals surface area contributed by atoms with Gasteiger partial charge in [0.25, 0.3) is 0 Å². The molecule has 4 aliphatic carbocycles. The monoisotopic (exact) mass is 468 g/mol. The molecule has 0 aromatic rings. The predicted octanol–water partition coefficient (Wildman–Crippen LogP) is 6.52. The lowest BCUT2D eigenvalue weighted by atomic mass is 9.43. The number of esters is 1. The number of hydrogen-bond donors (Lipinski definition) is 1. The van der Waals surface area contributed by atoms with Crippen LogP contribution in [-0.4, -0.2) is 22.6 Å². The molecule has 0 spiro atoms. The van der Waals surface area contributed by atoms with Gasteiger partial charge in [-0.25, -0.2) is 4.79 Å². The molecule has 0 unspecified atom stereocenters. The molecule has 4 nitrogen and oxygen atoms in total. The smallest absolute Gasteiger partial charge is 0.336 e. The third-order valence-electron chi connectivity index (χ3n) is 11.9. The number of rotatable bonds is 3. The summed E-state index contributed by atoms with van der Waals surface area (Å²) in [6, 6.07) is 0. The highest BCUT2D eigenvalue weighted by atomic mass is 16.7. The Balaban J connectivity index is 1.46. The van der Waals surface area contributed by atoms with Crippen LogP contribution in [0.2, 0.25) is 0 Å². The Hall–Kier alpha value is -1.42. The Morgan fingerprint density at radius 1 is 1.00 bits per heavy atom. The van der Waals surface area contributed by atoms with Crippen molar-refractivity contribution >= 4 is 11.8 Å². The van der Waals surface area contributed by atoms with Gasteiger partial charge in [-0.15, -0.1) is 0 Å². The Morgan fingerprint density at radius 3 is 2.35 bits per heavy atom. The van der Waals surface area contributed by atoms with Gasteiger partial charge in [-0.05, 0) is 91.9 Å². The number of aliphatic hydroxyl groups is 1. The van der Waals surface area contributed by atoms with Gasteiger partial charge in [-0.3, -0.25) is 4.79 Å². The van der Waals surface area contributed by atoms with Crippen molar-refractivity contribution < 1.29 is 19.4 Å². The Bertz CT molecular complexity index is 1000. The molecule has 34 heavy (non-hydrogen) atoms. The first-order valence-corrected chi connectivity index (χ1v) is 13.6. The van der Waals surface area contributed by atoms with E-state index in [0.717, 1.165) is 32.1 Å².